The number of H-pyrrole nitrogens is 1. The first-order chi connectivity index (χ1) is 18.3. The van der Waals surface area contributed by atoms with Crippen molar-refractivity contribution in [3.63, 3.8) is 0 Å². The fourth-order valence-corrected chi connectivity index (χ4v) is 4.22. The standard InChI is InChI=1S/C28H22F2N4O4/c1-16-10-12-18(13-11-16)34-26(35)20(25(32-34)19-7-3-4-9-23(19)38-2)14-22-27(36)33(28(37)31-22)15-17-6-5-8-21(29)24(17)30/h3-14,32H,15H2,1-2H3,(H,31,37)/b22-14-. The van der Waals surface area contributed by atoms with Gasteiger partial charge in [0.05, 0.1) is 30.6 Å². The number of carbonyl (C=O) groups excluding carboxylic acids is 2. The molecule has 1 aliphatic heterocycles. The second-order valence-electron chi connectivity index (χ2n) is 8.67. The third kappa shape index (κ3) is 4.36. The fraction of sp³-hybridized carbons (Fsp3) is 0.107. The summed E-state index contributed by atoms with van der Waals surface area (Å²) in [6.07, 6.45) is 1.27. The van der Waals surface area contributed by atoms with E-state index in [1.54, 1.807) is 36.4 Å². The first-order valence-electron chi connectivity index (χ1n) is 11.6. The highest BCUT2D eigenvalue weighted by Crippen LogP contribution is 2.31. The summed E-state index contributed by atoms with van der Waals surface area (Å²) in [6.45, 7) is 1.44. The van der Waals surface area contributed by atoms with Crippen LogP contribution < -0.4 is 15.6 Å². The summed E-state index contributed by atoms with van der Waals surface area (Å²) in [5.41, 5.74) is 1.76. The van der Waals surface area contributed by atoms with E-state index in [4.69, 9.17) is 4.74 Å². The number of nitrogens with zero attached hydrogens (tertiary/aromatic N) is 2. The number of benzene rings is 3. The molecular formula is C28H22F2N4O4. The molecule has 0 radical (unpaired) electrons. The van der Waals surface area contributed by atoms with Crippen molar-refractivity contribution in [3.05, 3.63) is 111 Å². The van der Waals surface area contributed by atoms with E-state index in [2.05, 4.69) is 10.4 Å². The van der Waals surface area contributed by atoms with Crippen molar-refractivity contribution < 1.29 is 23.1 Å². The van der Waals surface area contributed by atoms with E-state index in [1.807, 2.05) is 19.1 Å². The fourth-order valence-electron chi connectivity index (χ4n) is 4.22. The van der Waals surface area contributed by atoms with Crippen LogP contribution in [0.1, 0.15) is 16.7 Å². The van der Waals surface area contributed by atoms with Crippen LogP contribution in [0.4, 0.5) is 13.6 Å². The summed E-state index contributed by atoms with van der Waals surface area (Å²) in [7, 11) is 1.50. The smallest absolute Gasteiger partial charge is 0.329 e. The molecule has 192 valence electrons. The van der Waals surface area contributed by atoms with Gasteiger partial charge < -0.3 is 10.1 Å². The molecule has 0 aliphatic carbocycles. The molecule has 1 aliphatic rings. The van der Waals surface area contributed by atoms with Crippen LogP contribution in [0.2, 0.25) is 0 Å². The number of nitrogens with one attached hydrogen (secondary N) is 2. The minimum absolute atomic E-state index is 0.0949. The number of hydrogen-bond acceptors (Lipinski definition) is 4. The number of aryl methyl sites for hydroxylation is 1. The van der Waals surface area contributed by atoms with E-state index in [9.17, 15) is 23.2 Å². The average molecular weight is 517 g/mol. The van der Waals surface area contributed by atoms with Crippen LogP contribution >= 0.6 is 0 Å². The number of amides is 3. The van der Waals surface area contributed by atoms with Gasteiger partial charge in [0.25, 0.3) is 11.5 Å². The SMILES string of the molecule is COc1ccccc1-c1[nH]n(-c2ccc(C)cc2)c(=O)c1/C=C1\NC(=O)N(Cc2cccc(F)c2F)C1=O. The first-order valence-corrected chi connectivity index (χ1v) is 11.6. The Morgan fingerprint density at radius 3 is 2.42 bits per heavy atom. The first kappa shape index (κ1) is 24.7. The minimum atomic E-state index is -1.14. The van der Waals surface area contributed by atoms with E-state index in [1.165, 1.54) is 30.0 Å². The molecule has 3 aromatic carbocycles. The number of ether oxygens (including phenoxy) is 1. The molecule has 5 rings (SSSR count). The van der Waals surface area contributed by atoms with Crippen LogP contribution in [-0.2, 0) is 11.3 Å². The van der Waals surface area contributed by atoms with Gasteiger partial charge in [-0.3, -0.25) is 19.6 Å². The van der Waals surface area contributed by atoms with Crippen LogP contribution in [0.25, 0.3) is 23.0 Å². The van der Waals surface area contributed by atoms with Crippen molar-refractivity contribution >= 4 is 18.0 Å². The highest BCUT2D eigenvalue weighted by molar-refractivity contribution is 6.14. The Morgan fingerprint density at radius 1 is 0.947 bits per heavy atom. The second kappa shape index (κ2) is 9.81. The van der Waals surface area contributed by atoms with Crippen molar-refractivity contribution in [2.45, 2.75) is 13.5 Å². The molecule has 10 heteroatoms. The molecule has 1 fully saturated rings. The maximum Gasteiger partial charge on any atom is 0.329 e. The minimum Gasteiger partial charge on any atom is -0.496 e. The summed E-state index contributed by atoms with van der Waals surface area (Å²) in [5.74, 6) is -2.53. The van der Waals surface area contributed by atoms with Crippen LogP contribution in [0.3, 0.4) is 0 Å². The number of methoxy groups -OCH3 is 1. The van der Waals surface area contributed by atoms with Gasteiger partial charge in [0.1, 0.15) is 11.4 Å². The van der Waals surface area contributed by atoms with Crippen molar-refractivity contribution in [2.75, 3.05) is 7.11 Å². The van der Waals surface area contributed by atoms with E-state index >= 15 is 0 Å². The molecule has 1 aromatic heterocycles. The maximum atomic E-state index is 14.2. The molecule has 4 aromatic rings. The number of hydrogen-bond donors (Lipinski definition) is 2. The van der Waals surface area contributed by atoms with Gasteiger partial charge in [-0.1, -0.05) is 42.0 Å². The van der Waals surface area contributed by atoms with E-state index in [0.29, 0.717) is 22.7 Å². The Labute approximate surface area is 215 Å². The topological polar surface area (TPSA) is 96.4 Å². The zero-order valence-electron chi connectivity index (χ0n) is 20.4. The quantitative estimate of drug-likeness (QED) is 0.291. The van der Waals surface area contributed by atoms with Gasteiger partial charge in [-0.15, -0.1) is 0 Å². The van der Waals surface area contributed by atoms with Crippen LogP contribution in [0.5, 0.6) is 5.75 Å². The van der Waals surface area contributed by atoms with E-state index in [-0.39, 0.29) is 16.8 Å². The predicted molar refractivity (Wildman–Crippen MR) is 137 cm³/mol. The molecule has 1 saturated heterocycles. The number of aromatic amines is 1. The highest BCUT2D eigenvalue weighted by atomic mass is 19.2. The molecule has 38 heavy (non-hydrogen) atoms. The number of carbonyl (C=O) groups is 2. The number of imide groups is 1. The molecule has 0 atom stereocenters. The normalized spacial score (nSPS) is 14.3. The Balaban J connectivity index is 1.60. The number of halogens is 2. The summed E-state index contributed by atoms with van der Waals surface area (Å²) in [5, 5.41) is 5.53. The van der Waals surface area contributed by atoms with Gasteiger partial charge in [-0.25, -0.2) is 18.3 Å². The van der Waals surface area contributed by atoms with Gasteiger partial charge in [-0.05, 0) is 43.3 Å². The maximum absolute atomic E-state index is 14.2. The van der Waals surface area contributed by atoms with Crippen molar-refractivity contribution in [1.29, 1.82) is 0 Å². The Hall–Kier alpha value is -4.99. The molecule has 0 bridgehead atoms. The van der Waals surface area contributed by atoms with Gasteiger partial charge in [0.15, 0.2) is 11.6 Å². The molecule has 0 saturated carbocycles. The molecule has 3 amide bonds. The van der Waals surface area contributed by atoms with Crippen LogP contribution in [0, 0.1) is 18.6 Å². The Bertz CT molecular complexity index is 1650. The summed E-state index contributed by atoms with van der Waals surface area (Å²) < 4.78 is 34.6. The van der Waals surface area contributed by atoms with Crippen LogP contribution in [-0.4, -0.2) is 33.7 Å². The molecule has 8 nitrogen and oxygen atoms in total. The van der Waals surface area contributed by atoms with Gasteiger partial charge in [-0.2, -0.15) is 0 Å². The van der Waals surface area contributed by atoms with E-state index < -0.39 is 35.7 Å². The number of rotatable bonds is 6. The zero-order chi connectivity index (χ0) is 27.0. The lowest BCUT2D eigenvalue weighted by Gasteiger charge is -2.12. The molecule has 0 spiro atoms. The van der Waals surface area contributed by atoms with Gasteiger partial charge in [0.2, 0.25) is 0 Å². The largest absolute Gasteiger partial charge is 0.496 e. The monoisotopic (exact) mass is 516 g/mol. The third-order valence-corrected chi connectivity index (χ3v) is 6.21. The molecular weight excluding hydrogens is 494 g/mol. The van der Waals surface area contributed by atoms with Gasteiger partial charge >= 0.3 is 6.03 Å². The predicted octanol–water partition coefficient (Wildman–Crippen LogP) is 4.52. The van der Waals surface area contributed by atoms with Crippen molar-refractivity contribution in [3.8, 4) is 22.7 Å². The van der Waals surface area contributed by atoms with Crippen molar-refractivity contribution in [1.82, 2.24) is 20.0 Å². The lowest BCUT2D eigenvalue weighted by Crippen LogP contribution is -2.30. The van der Waals surface area contributed by atoms with Crippen LogP contribution in [0.15, 0.2) is 77.2 Å². The Morgan fingerprint density at radius 2 is 1.68 bits per heavy atom. The van der Waals surface area contributed by atoms with Crippen molar-refractivity contribution in [2.24, 2.45) is 0 Å². The summed E-state index contributed by atoms with van der Waals surface area (Å²) >= 11 is 0. The Kier molecular flexibility index (Phi) is 6.38. The summed E-state index contributed by atoms with van der Waals surface area (Å²) in [6, 6.07) is 17.0. The van der Waals surface area contributed by atoms with E-state index in [0.717, 1.165) is 16.5 Å². The molecule has 0 unspecified atom stereocenters. The summed E-state index contributed by atoms with van der Waals surface area (Å²) in [4.78, 5) is 40.1. The lowest BCUT2D eigenvalue weighted by atomic mass is 10.1. The number of para-hydroxylation sites is 1. The number of urea groups is 1. The number of aromatic nitrogens is 2. The third-order valence-electron chi connectivity index (χ3n) is 6.21. The molecule has 2 heterocycles. The molecule has 2 N–H and O–H groups in total. The lowest BCUT2D eigenvalue weighted by molar-refractivity contribution is -0.123. The average Bonchev–Trinajstić information content (AvgIpc) is 3.38. The van der Waals surface area contributed by atoms with Gasteiger partial charge in [0, 0.05) is 11.1 Å². The second-order valence-corrected chi connectivity index (χ2v) is 8.67. The zero-order valence-corrected chi connectivity index (χ0v) is 20.4. The highest BCUT2D eigenvalue weighted by Gasteiger charge is 2.35.